The van der Waals surface area contributed by atoms with Gasteiger partial charge in [-0.2, -0.15) is 4.73 Å². The Balaban J connectivity index is 1.71. The number of hydrogen-bond acceptors (Lipinski definition) is 5. The van der Waals surface area contributed by atoms with Crippen LogP contribution in [0.1, 0.15) is 15.9 Å². The molecule has 0 aliphatic heterocycles. The second-order valence-corrected chi connectivity index (χ2v) is 7.23. The zero-order valence-corrected chi connectivity index (χ0v) is 16.6. The number of nitrogens with zero attached hydrogens (tertiary/aromatic N) is 2. The Morgan fingerprint density at radius 1 is 1.23 bits per heavy atom. The van der Waals surface area contributed by atoms with Gasteiger partial charge in [0.15, 0.2) is 12.4 Å². The van der Waals surface area contributed by atoms with Crippen molar-refractivity contribution in [2.45, 2.75) is 17.1 Å². The quantitative estimate of drug-likeness (QED) is 0.328. The summed E-state index contributed by atoms with van der Waals surface area (Å²) in [5.74, 6) is -0.591. The van der Waals surface area contributed by atoms with Gasteiger partial charge in [-0.25, -0.2) is 4.98 Å². The molecule has 0 radical (unpaired) electrons. The number of amides is 1. The van der Waals surface area contributed by atoms with E-state index in [1.165, 1.54) is 36.4 Å². The number of halogens is 4. The van der Waals surface area contributed by atoms with Crippen LogP contribution in [0, 0.1) is 5.21 Å². The third-order valence-electron chi connectivity index (χ3n) is 3.68. The van der Waals surface area contributed by atoms with Crippen molar-refractivity contribution in [3.05, 3.63) is 82.4 Å². The molecule has 0 bridgehead atoms. The molecule has 0 aliphatic rings. The second-order valence-electron chi connectivity index (χ2n) is 5.86. The molecule has 6 nitrogen and oxygen atoms in total. The number of nitrogens with one attached hydrogen (secondary N) is 1. The predicted molar refractivity (Wildman–Crippen MR) is 105 cm³/mol. The molecule has 156 valence electrons. The summed E-state index contributed by atoms with van der Waals surface area (Å²) in [5.41, 5.74) is 1.35. The Morgan fingerprint density at radius 3 is 2.63 bits per heavy atom. The lowest BCUT2D eigenvalue weighted by molar-refractivity contribution is -0.605. The maximum Gasteiger partial charge on any atom is 0.573 e. The average Bonchev–Trinajstić information content (AvgIpc) is 2.69. The SMILES string of the molecule is O=C(Nc1ccc(OC(F)(F)F)c(Cl)c1)c1cccnc1SCc1cc[n+]([O-])cc1. The number of carbonyl (C=O) groups is 1. The summed E-state index contributed by atoms with van der Waals surface area (Å²) in [6.45, 7) is 0. The Labute approximate surface area is 178 Å². The molecular weight excluding hydrogens is 443 g/mol. The van der Waals surface area contributed by atoms with E-state index in [2.05, 4.69) is 15.0 Å². The van der Waals surface area contributed by atoms with Gasteiger partial charge in [0.1, 0.15) is 10.8 Å². The summed E-state index contributed by atoms with van der Waals surface area (Å²) in [6.07, 6.45) is -0.589. The molecule has 0 saturated carbocycles. The van der Waals surface area contributed by atoms with Crippen LogP contribution in [0.4, 0.5) is 18.9 Å². The van der Waals surface area contributed by atoms with Gasteiger partial charge in [0, 0.05) is 29.8 Å². The molecule has 3 rings (SSSR count). The normalized spacial score (nSPS) is 11.2. The van der Waals surface area contributed by atoms with E-state index in [0.717, 1.165) is 17.7 Å². The minimum absolute atomic E-state index is 0.197. The van der Waals surface area contributed by atoms with Crippen LogP contribution in [0.2, 0.25) is 5.02 Å². The van der Waals surface area contributed by atoms with Crippen LogP contribution in [0.15, 0.2) is 66.1 Å². The maximum atomic E-state index is 12.7. The van der Waals surface area contributed by atoms with Crippen molar-refractivity contribution in [1.82, 2.24) is 4.98 Å². The van der Waals surface area contributed by atoms with E-state index in [-0.39, 0.29) is 16.3 Å². The highest BCUT2D eigenvalue weighted by molar-refractivity contribution is 7.98. The largest absolute Gasteiger partial charge is 0.619 e. The minimum atomic E-state index is -4.87. The van der Waals surface area contributed by atoms with E-state index in [1.807, 2.05) is 0 Å². The van der Waals surface area contributed by atoms with Crippen molar-refractivity contribution in [2.24, 2.45) is 0 Å². The van der Waals surface area contributed by atoms with Crippen molar-refractivity contribution in [1.29, 1.82) is 0 Å². The molecule has 0 unspecified atom stereocenters. The summed E-state index contributed by atoms with van der Waals surface area (Å²) in [6, 6.07) is 9.91. The van der Waals surface area contributed by atoms with E-state index >= 15 is 0 Å². The predicted octanol–water partition coefficient (Wildman–Crippen LogP) is 4.81. The summed E-state index contributed by atoms with van der Waals surface area (Å²) in [5, 5.41) is 13.8. The zero-order valence-electron chi connectivity index (χ0n) is 15.0. The molecule has 1 N–H and O–H groups in total. The number of carbonyl (C=O) groups excluding carboxylic acids is 1. The summed E-state index contributed by atoms with van der Waals surface area (Å²) in [7, 11) is 0. The molecule has 0 spiro atoms. The maximum absolute atomic E-state index is 12.7. The number of ether oxygens (including phenoxy) is 1. The monoisotopic (exact) mass is 455 g/mol. The Hall–Kier alpha value is -2.98. The number of aromatic nitrogens is 2. The van der Waals surface area contributed by atoms with Crippen LogP contribution >= 0.6 is 23.4 Å². The lowest BCUT2D eigenvalue weighted by atomic mass is 10.2. The van der Waals surface area contributed by atoms with E-state index in [4.69, 9.17) is 11.6 Å². The zero-order chi connectivity index (χ0) is 21.7. The molecule has 0 fully saturated rings. The molecule has 1 aromatic carbocycles. The molecular formula is C19H13ClF3N3O3S. The second kappa shape index (κ2) is 9.23. The molecule has 0 aliphatic carbocycles. The number of thioether (sulfide) groups is 1. The first-order valence-electron chi connectivity index (χ1n) is 8.33. The third-order valence-corrected chi connectivity index (χ3v) is 5.05. The van der Waals surface area contributed by atoms with Gasteiger partial charge in [-0.3, -0.25) is 4.79 Å². The van der Waals surface area contributed by atoms with Crippen LogP contribution in [0.3, 0.4) is 0 Å². The van der Waals surface area contributed by atoms with Gasteiger partial charge in [0.25, 0.3) is 5.91 Å². The topological polar surface area (TPSA) is 78.2 Å². The average molecular weight is 456 g/mol. The lowest BCUT2D eigenvalue weighted by Crippen LogP contribution is -2.23. The van der Waals surface area contributed by atoms with Gasteiger partial charge < -0.3 is 15.3 Å². The standard InChI is InChI=1S/C19H13ClF3N3O3S/c20-15-10-13(3-4-16(15)29-19(21,22)23)25-17(27)14-2-1-7-24-18(14)30-11-12-5-8-26(28)9-6-12/h1-10H,11H2,(H,25,27). The fraction of sp³-hybridized carbons (Fsp3) is 0.105. The van der Waals surface area contributed by atoms with Gasteiger partial charge in [-0.15, -0.1) is 24.9 Å². The fourth-order valence-electron chi connectivity index (χ4n) is 2.35. The van der Waals surface area contributed by atoms with Crippen molar-refractivity contribution >= 4 is 35.0 Å². The van der Waals surface area contributed by atoms with E-state index in [9.17, 15) is 23.2 Å². The van der Waals surface area contributed by atoms with E-state index in [1.54, 1.807) is 24.3 Å². The molecule has 2 heterocycles. The molecule has 30 heavy (non-hydrogen) atoms. The number of rotatable bonds is 6. The van der Waals surface area contributed by atoms with Gasteiger partial charge in [-0.05, 0) is 35.9 Å². The van der Waals surface area contributed by atoms with Crippen LogP contribution in [-0.2, 0) is 5.75 Å². The van der Waals surface area contributed by atoms with E-state index < -0.39 is 18.0 Å². The smallest absolute Gasteiger partial charge is 0.573 e. The van der Waals surface area contributed by atoms with Crippen molar-refractivity contribution < 1.29 is 27.4 Å². The molecule has 3 aromatic rings. The van der Waals surface area contributed by atoms with Gasteiger partial charge >= 0.3 is 6.36 Å². The van der Waals surface area contributed by atoms with Crippen LogP contribution in [-0.4, -0.2) is 17.3 Å². The fourth-order valence-corrected chi connectivity index (χ4v) is 3.52. The number of alkyl halides is 3. The van der Waals surface area contributed by atoms with Gasteiger partial charge in [0.2, 0.25) is 0 Å². The van der Waals surface area contributed by atoms with E-state index in [0.29, 0.717) is 15.5 Å². The van der Waals surface area contributed by atoms with Gasteiger partial charge in [-0.1, -0.05) is 11.6 Å². The summed E-state index contributed by atoms with van der Waals surface area (Å²) in [4.78, 5) is 16.9. The number of pyridine rings is 2. The highest BCUT2D eigenvalue weighted by Crippen LogP contribution is 2.32. The van der Waals surface area contributed by atoms with Crippen LogP contribution in [0.25, 0.3) is 0 Å². The highest BCUT2D eigenvalue weighted by atomic mass is 35.5. The molecule has 0 atom stereocenters. The molecule has 11 heteroatoms. The van der Waals surface area contributed by atoms with Gasteiger partial charge in [0.05, 0.1) is 10.6 Å². The summed E-state index contributed by atoms with van der Waals surface area (Å²) >= 11 is 7.11. The van der Waals surface area contributed by atoms with Crippen molar-refractivity contribution in [3.8, 4) is 5.75 Å². The third kappa shape index (κ3) is 6.01. The first-order chi connectivity index (χ1) is 14.2. The van der Waals surface area contributed by atoms with Crippen molar-refractivity contribution in [2.75, 3.05) is 5.32 Å². The number of anilines is 1. The number of benzene rings is 1. The first kappa shape index (κ1) is 21.7. The minimum Gasteiger partial charge on any atom is -0.619 e. The van der Waals surface area contributed by atoms with Crippen molar-refractivity contribution in [3.63, 3.8) is 0 Å². The Bertz CT molecular complexity index is 1050. The summed E-state index contributed by atoms with van der Waals surface area (Å²) < 4.78 is 41.5. The molecule has 2 aromatic heterocycles. The Morgan fingerprint density at radius 2 is 1.97 bits per heavy atom. The highest BCUT2D eigenvalue weighted by Gasteiger charge is 2.32. The Kier molecular flexibility index (Phi) is 6.68. The van der Waals surface area contributed by atoms with Crippen LogP contribution in [0.5, 0.6) is 5.75 Å². The molecule has 1 amide bonds. The van der Waals surface area contributed by atoms with Crippen LogP contribution < -0.4 is 14.8 Å². The molecule has 0 saturated heterocycles. The first-order valence-corrected chi connectivity index (χ1v) is 9.70. The number of hydrogen-bond donors (Lipinski definition) is 1. The lowest BCUT2D eigenvalue weighted by Gasteiger charge is -2.12.